The van der Waals surface area contributed by atoms with Crippen LogP contribution in [0.1, 0.15) is 31.2 Å². The predicted octanol–water partition coefficient (Wildman–Crippen LogP) is 2.85. The van der Waals surface area contributed by atoms with Crippen LogP contribution in [0.25, 0.3) is 0 Å². The lowest BCUT2D eigenvalue weighted by Gasteiger charge is -2.29. The molecule has 0 aliphatic heterocycles. The lowest BCUT2D eigenvalue weighted by atomic mass is 9.92. The van der Waals surface area contributed by atoms with Crippen molar-refractivity contribution < 1.29 is 9.50 Å². The summed E-state index contributed by atoms with van der Waals surface area (Å²) < 4.78 is 13.6. The van der Waals surface area contributed by atoms with Crippen molar-refractivity contribution in [3.8, 4) is 0 Å². The van der Waals surface area contributed by atoms with Crippen molar-refractivity contribution in [1.29, 1.82) is 0 Å². The molecule has 3 heteroatoms. The topological polar surface area (TPSA) is 32.3 Å². The fourth-order valence-electron chi connectivity index (χ4n) is 2.22. The molecule has 1 aliphatic rings. The van der Waals surface area contributed by atoms with Crippen molar-refractivity contribution in [3.63, 3.8) is 0 Å². The second-order valence-corrected chi connectivity index (χ2v) is 4.59. The van der Waals surface area contributed by atoms with Gasteiger partial charge < -0.3 is 10.4 Å². The predicted molar refractivity (Wildman–Crippen MR) is 63.0 cm³/mol. The highest BCUT2D eigenvalue weighted by molar-refractivity contribution is 5.47. The van der Waals surface area contributed by atoms with Crippen LogP contribution in [0.3, 0.4) is 0 Å². The molecular weight excluding hydrogens is 205 g/mol. The van der Waals surface area contributed by atoms with Gasteiger partial charge in [-0.1, -0.05) is 18.9 Å². The molecule has 1 fully saturated rings. The fraction of sp³-hybridized carbons (Fsp3) is 0.538. The average molecular weight is 223 g/mol. The summed E-state index contributed by atoms with van der Waals surface area (Å²) in [5.41, 5.74) is 1.41. The zero-order chi connectivity index (χ0) is 11.5. The van der Waals surface area contributed by atoms with Gasteiger partial charge in [0, 0.05) is 0 Å². The van der Waals surface area contributed by atoms with Crippen LogP contribution in [-0.2, 0) is 0 Å². The third kappa shape index (κ3) is 2.53. The van der Waals surface area contributed by atoms with Crippen molar-refractivity contribution in [2.45, 2.75) is 44.8 Å². The SMILES string of the molecule is Cc1ccc(N[C@H]2CCCC[C@@H]2O)c(F)c1. The van der Waals surface area contributed by atoms with Crippen LogP contribution in [0.15, 0.2) is 18.2 Å². The number of anilines is 1. The van der Waals surface area contributed by atoms with Gasteiger partial charge in [0.1, 0.15) is 5.82 Å². The quantitative estimate of drug-likeness (QED) is 0.808. The van der Waals surface area contributed by atoms with Gasteiger partial charge in [0.25, 0.3) is 0 Å². The Morgan fingerprint density at radius 2 is 2.06 bits per heavy atom. The number of benzene rings is 1. The van der Waals surface area contributed by atoms with Crippen LogP contribution in [0.2, 0.25) is 0 Å². The molecule has 2 rings (SSSR count). The molecular formula is C13H18FNO. The lowest BCUT2D eigenvalue weighted by Crippen LogP contribution is -2.36. The van der Waals surface area contributed by atoms with Gasteiger partial charge in [-0.3, -0.25) is 0 Å². The summed E-state index contributed by atoms with van der Waals surface area (Å²) >= 11 is 0. The van der Waals surface area contributed by atoms with Crippen LogP contribution < -0.4 is 5.32 Å². The van der Waals surface area contributed by atoms with E-state index in [0.717, 1.165) is 31.2 Å². The van der Waals surface area contributed by atoms with Crippen molar-refractivity contribution in [1.82, 2.24) is 0 Å². The normalized spacial score (nSPS) is 25.4. The van der Waals surface area contributed by atoms with Gasteiger partial charge in [-0.2, -0.15) is 0 Å². The number of aliphatic hydroxyl groups is 1. The maximum atomic E-state index is 13.6. The van der Waals surface area contributed by atoms with Crippen molar-refractivity contribution >= 4 is 5.69 Å². The third-order valence-electron chi connectivity index (χ3n) is 3.19. The van der Waals surface area contributed by atoms with Crippen LogP contribution in [-0.4, -0.2) is 17.3 Å². The van der Waals surface area contributed by atoms with E-state index in [1.165, 1.54) is 6.07 Å². The van der Waals surface area contributed by atoms with Gasteiger partial charge in [-0.05, 0) is 37.5 Å². The molecule has 2 nitrogen and oxygen atoms in total. The molecule has 1 aliphatic carbocycles. The summed E-state index contributed by atoms with van der Waals surface area (Å²) in [7, 11) is 0. The van der Waals surface area contributed by atoms with Gasteiger partial charge in [0.15, 0.2) is 0 Å². The van der Waals surface area contributed by atoms with Crippen LogP contribution in [0.4, 0.5) is 10.1 Å². The molecule has 2 atom stereocenters. The number of nitrogens with one attached hydrogen (secondary N) is 1. The first kappa shape index (κ1) is 11.4. The van der Waals surface area contributed by atoms with E-state index in [9.17, 15) is 9.50 Å². The molecule has 16 heavy (non-hydrogen) atoms. The summed E-state index contributed by atoms with van der Waals surface area (Å²) in [5, 5.41) is 12.9. The Kier molecular flexibility index (Phi) is 3.44. The Labute approximate surface area is 95.5 Å². The molecule has 0 amide bonds. The molecule has 0 heterocycles. The van der Waals surface area contributed by atoms with Crippen molar-refractivity contribution in [2.24, 2.45) is 0 Å². The van der Waals surface area contributed by atoms with Gasteiger partial charge in [0.2, 0.25) is 0 Å². The minimum Gasteiger partial charge on any atom is -0.391 e. The van der Waals surface area contributed by atoms with E-state index in [1.807, 2.05) is 13.0 Å². The molecule has 2 N–H and O–H groups in total. The molecule has 0 radical (unpaired) electrons. The number of hydrogen-bond acceptors (Lipinski definition) is 2. The first-order chi connectivity index (χ1) is 7.66. The Balaban J connectivity index is 2.07. The molecule has 1 aromatic carbocycles. The first-order valence-electron chi connectivity index (χ1n) is 5.87. The summed E-state index contributed by atoms with van der Waals surface area (Å²) in [5.74, 6) is -0.238. The highest BCUT2D eigenvalue weighted by Gasteiger charge is 2.23. The Morgan fingerprint density at radius 3 is 2.75 bits per heavy atom. The maximum Gasteiger partial charge on any atom is 0.146 e. The van der Waals surface area contributed by atoms with E-state index in [0.29, 0.717) is 5.69 Å². The van der Waals surface area contributed by atoms with E-state index in [-0.39, 0.29) is 18.0 Å². The zero-order valence-electron chi connectivity index (χ0n) is 9.54. The number of aliphatic hydroxyl groups excluding tert-OH is 1. The number of rotatable bonds is 2. The summed E-state index contributed by atoms with van der Waals surface area (Å²) in [6.45, 7) is 1.86. The van der Waals surface area contributed by atoms with Gasteiger partial charge in [-0.25, -0.2) is 4.39 Å². The van der Waals surface area contributed by atoms with Crippen LogP contribution in [0, 0.1) is 12.7 Å². The average Bonchev–Trinajstić information content (AvgIpc) is 2.25. The number of aryl methyl sites for hydroxylation is 1. The smallest absolute Gasteiger partial charge is 0.146 e. The van der Waals surface area contributed by atoms with E-state index in [1.54, 1.807) is 6.07 Å². The maximum absolute atomic E-state index is 13.6. The van der Waals surface area contributed by atoms with Gasteiger partial charge >= 0.3 is 0 Å². The second-order valence-electron chi connectivity index (χ2n) is 4.59. The fourth-order valence-corrected chi connectivity index (χ4v) is 2.22. The number of halogens is 1. The summed E-state index contributed by atoms with van der Waals surface area (Å²) in [6, 6.07) is 5.12. The Morgan fingerprint density at radius 1 is 1.31 bits per heavy atom. The molecule has 1 aromatic rings. The zero-order valence-corrected chi connectivity index (χ0v) is 9.54. The van der Waals surface area contributed by atoms with Gasteiger partial charge in [-0.15, -0.1) is 0 Å². The number of hydrogen-bond donors (Lipinski definition) is 2. The van der Waals surface area contributed by atoms with Crippen LogP contribution >= 0.6 is 0 Å². The monoisotopic (exact) mass is 223 g/mol. The molecule has 1 saturated carbocycles. The van der Waals surface area contributed by atoms with E-state index >= 15 is 0 Å². The first-order valence-corrected chi connectivity index (χ1v) is 5.87. The highest BCUT2D eigenvalue weighted by atomic mass is 19.1. The minimum absolute atomic E-state index is 0.00837. The summed E-state index contributed by atoms with van der Waals surface area (Å²) in [4.78, 5) is 0. The lowest BCUT2D eigenvalue weighted by molar-refractivity contribution is 0.116. The van der Waals surface area contributed by atoms with E-state index in [2.05, 4.69) is 5.32 Å². The van der Waals surface area contributed by atoms with E-state index in [4.69, 9.17) is 0 Å². The molecule has 0 saturated heterocycles. The Hall–Kier alpha value is -1.09. The highest BCUT2D eigenvalue weighted by Crippen LogP contribution is 2.24. The standard InChI is InChI=1S/C13H18FNO/c1-9-6-7-11(10(14)8-9)15-12-4-2-3-5-13(12)16/h6-8,12-13,15-16H,2-5H2,1H3/t12-,13-/m0/s1. The summed E-state index contributed by atoms with van der Waals surface area (Å²) in [6.07, 6.45) is 3.53. The third-order valence-corrected chi connectivity index (χ3v) is 3.19. The molecule has 88 valence electrons. The van der Waals surface area contributed by atoms with Gasteiger partial charge in [0.05, 0.1) is 17.8 Å². The minimum atomic E-state index is -0.352. The molecule has 0 aromatic heterocycles. The van der Waals surface area contributed by atoms with E-state index < -0.39 is 0 Å². The van der Waals surface area contributed by atoms with Crippen LogP contribution in [0.5, 0.6) is 0 Å². The molecule has 0 spiro atoms. The Bertz CT molecular complexity index is 367. The molecule has 0 unspecified atom stereocenters. The largest absolute Gasteiger partial charge is 0.391 e. The van der Waals surface area contributed by atoms with Crippen molar-refractivity contribution in [3.05, 3.63) is 29.6 Å². The van der Waals surface area contributed by atoms with Crippen molar-refractivity contribution in [2.75, 3.05) is 5.32 Å². The second kappa shape index (κ2) is 4.83. The molecule has 0 bridgehead atoms.